The zero-order chi connectivity index (χ0) is 49.1. The number of aliphatic hydroxyl groups is 3. The van der Waals surface area contributed by atoms with Crippen LogP contribution >= 0.6 is 0 Å². The standard InChI is InChI=1S/3C9H10O3.3C6H6N2O2.Mo/c3*10-8(9(11)12)6-7-4-2-1-3-5-7;3*9-6(10)2-1-5-3-7-4-8-5;/h3*1-5,8,10H,6H2,(H,11,12);3*1-4H,(H,7,8)(H,9,10);/q;;;;;;+6/p-6. The Balaban J connectivity index is 0.000000779. The van der Waals surface area contributed by atoms with Gasteiger partial charge in [0.2, 0.25) is 0 Å². The van der Waals surface area contributed by atoms with Gasteiger partial charge in [0.1, 0.15) is 0 Å². The fourth-order valence-electron chi connectivity index (χ4n) is 4.31. The van der Waals surface area contributed by atoms with Gasteiger partial charge in [-0.05, 0) is 53.1 Å². The van der Waals surface area contributed by atoms with Crippen molar-refractivity contribution in [2.75, 3.05) is 0 Å². The fraction of sp³-hybridized carbons (Fsp3) is 0.133. The van der Waals surface area contributed by atoms with E-state index in [9.17, 15) is 59.4 Å². The molecule has 3 unspecified atom stereocenters. The van der Waals surface area contributed by atoms with Gasteiger partial charge in [0.05, 0.1) is 90.2 Å². The molecule has 3 atom stereocenters. The second-order valence-corrected chi connectivity index (χ2v) is 12.5. The molecular formula is C45H42MoN6O15. The minimum absolute atomic E-state index is 0. The molecule has 0 aliphatic rings. The molecule has 0 aliphatic heterocycles. The van der Waals surface area contributed by atoms with Crippen molar-refractivity contribution in [1.29, 1.82) is 0 Å². The Morgan fingerprint density at radius 1 is 0.433 bits per heavy atom. The van der Waals surface area contributed by atoms with Crippen molar-refractivity contribution in [2.24, 2.45) is 0 Å². The SMILES string of the molecule is O=C([O-])C(O)Cc1ccccc1.O=C([O-])C(O)Cc1ccccc1.O=C([O-])C(O)Cc1ccccc1.O=C([O-])C=Cc1c[nH]cn1.O=C([O-])C=Cc1c[nH]cn1.O=C([O-])C=Cc1c[nH]cn1.[Mo+6]. The molecule has 0 saturated carbocycles. The van der Waals surface area contributed by atoms with Gasteiger partial charge in [-0.1, -0.05) is 91.0 Å². The Morgan fingerprint density at radius 2 is 0.657 bits per heavy atom. The van der Waals surface area contributed by atoms with Gasteiger partial charge in [-0.3, -0.25) is 0 Å². The summed E-state index contributed by atoms with van der Waals surface area (Å²) in [6.07, 6.45) is 12.1. The third-order valence-corrected chi connectivity index (χ3v) is 7.36. The summed E-state index contributed by atoms with van der Waals surface area (Å²) in [5.41, 5.74) is 4.08. The van der Waals surface area contributed by atoms with Gasteiger partial charge in [-0.15, -0.1) is 0 Å². The van der Waals surface area contributed by atoms with E-state index >= 15 is 0 Å². The van der Waals surface area contributed by atoms with Crippen LogP contribution in [0.3, 0.4) is 0 Å². The van der Waals surface area contributed by atoms with Crippen LogP contribution in [0.2, 0.25) is 0 Å². The number of aliphatic carboxylic acids is 6. The number of carbonyl (C=O) groups excluding carboxylic acids is 6. The maximum Gasteiger partial charge on any atom is 6.00 e. The number of imidazole rings is 3. The number of aromatic nitrogens is 6. The summed E-state index contributed by atoms with van der Waals surface area (Å²) >= 11 is 0. The molecule has 22 heteroatoms. The van der Waals surface area contributed by atoms with Crippen LogP contribution < -0.4 is 30.6 Å². The molecule has 6 N–H and O–H groups in total. The number of nitrogens with one attached hydrogen (secondary N) is 3. The van der Waals surface area contributed by atoms with E-state index in [1.807, 2.05) is 18.2 Å². The number of nitrogens with zero attached hydrogens (tertiary/aromatic N) is 3. The van der Waals surface area contributed by atoms with Crippen LogP contribution in [-0.2, 0) is 69.1 Å². The summed E-state index contributed by atoms with van der Waals surface area (Å²) in [5.74, 6) is -7.95. The zero-order valence-electron chi connectivity index (χ0n) is 34.9. The number of rotatable bonds is 15. The summed E-state index contributed by atoms with van der Waals surface area (Å²) in [4.78, 5) is 79.3. The summed E-state index contributed by atoms with van der Waals surface area (Å²) in [5, 5.41) is 86.8. The molecule has 348 valence electrons. The van der Waals surface area contributed by atoms with Crippen molar-refractivity contribution in [3.05, 3.63) is 181 Å². The summed E-state index contributed by atoms with van der Waals surface area (Å²) in [6, 6.07) is 26.8. The molecule has 0 bridgehead atoms. The van der Waals surface area contributed by atoms with Crippen LogP contribution in [-0.4, -0.2) is 99.4 Å². The van der Waals surface area contributed by atoms with Gasteiger partial charge >= 0.3 is 21.1 Å². The molecule has 0 aliphatic carbocycles. The number of benzene rings is 3. The van der Waals surface area contributed by atoms with Crippen molar-refractivity contribution in [3.8, 4) is 0 Å². The maximum atomic E-state index is 10.1. The van der Waals surface area contributed by atoms with E-state index in [2.05, 4.69) is 29.9 Å². The largest absolute Gasteiger partial charge is 6.00 e. The summed E-state index contributed by atoms with van der Waals surface area (Å²) in [7, 11) is 0. The van der Waals surface area contributed by atoms with Gasteiger partial charge in [-0.25, -0.2) is 15.0 Å². The topological polar surface area (TPSA) is 388 Å². The van der Waals surface area contributed by atoms with Crippen molar-refractivity contribution < 1.29 is 95.8 Å². The van der Waals surface area contributed by atoms with Crippen molar-refractivity contribution in [3.63, 3.8) is 0 Å². The van der Waals surface area contributed by atoms with Crippen molar-refractivity contribution in [1.82, 2.24) is 29.9 Å². The van der Waals surface area contributed by atoms with E-state index in [1.54, 1.807) is 91.4 Å². The average Bonchev–Trinajstić information content (AvgIpc) is 4.12. The van der Waals surface area contributed by atoms with Crippen LogP contribution in [0.4, 0.5) is 0 Å². The Kier molecular flexibility index (Phi) is 31.0. The molecule has 3 aromatic heterocycles. The first-order valence-corrected chi connectivity index (χ1v) is 18.9. The number of carboxylic acid groups (broad SMARTS) is 6. The average molecular weight is 1000 g/mol. The molecule has 21 nitrogen and oxygen atoms in total. The van der Waals surface area contributed by atoms with E-state index in [0.717, 1.165) is 34.9 Å². The van der Waals surface area contributed by atoms with Crippen LogP contribution in [0.15, 0.2) is 147 Å². The Labute approximate surface area is 396 Å². The van der Waals surface area contributed by atoms with E-state index in [4.69, 9.17) is 15.3 Å². The molecule has 3 aromatic carbocycles. The molecule has 0 amide bonds. The Hall–Kier alpha value is -8.10. The summed E-state index contributed by atoms with van der Waals surface area (Å²) in [6.45, 7) is 0. The van der Waals surface area contributed by atoms with E-state index in [-0.39, 0.29) is 40.3 Å². The number of carboxylic acids is 6. The van der Waals surface area contributed by atoms with Gasteiger partial charge in [0.15, 0.2) is 0 Å². The second kappa shape index (κ2) is 35.3. The third-order valence-electron chi connectivity index (χ3n) is 7.36. The van der Waals surface area contributed by atoms with E-state index in [1.165, 1.54) is 37.2 Å². The first kappa shape index (κ1) is 58.9. The van der Waals surface area contributed by atoms with Gasteiger partial charge in [-0.2, -0.15) is 0 Å². The van der Waals surface area contributed by atoms with Crippen LogP contribution in [0.1, 0.15) is 33.8 Å². The first-order valence-electron chi connectivity index (χ1n) is 18.9. The number of carbonyl (C=O) groups is 6. The molecule has 6 rings (SSSR count). The van der Waals surface area contributed by atoms with Crippen molar-refractivity contribution >= 4 is 54.0 Å². The van der Waals surface area contributed by atoms with Crippen LogP contribution in [0, 0.1) is 0 Å². The molecular weight excluding hydrogens is 960 g/mol. The van der Waals surface area contributed by atoms with Gasteiger partial charge in [0.25, 0.3) is 0 Å². The van der Waals surface area contributed by atoms with Crippen LogP contribution in [0.25, 0.3) is 18.2 Å². The summed E-state index contributed by atoms with van der Waals surface area (Å²) < 4.78 is 0. The molecule has 0 radical (unpaired) electrons. The Morgan fingerprint density at radius 3 is 0.821 bits per heavy atom. The molecule has 0 spiro atoms. The van der Waals surface area contributed by atoms with Gasteiger partial charge in [0, 0.05) is 37.9 Å². The zero-order valence-corrected chi connectivity index (χ0v) is 36.9. The molecule has 3 heterocycles. The number of aliphatic hydroxyl groups excluding tert-OH is 3. The predicted molar refractivity (Wildman–Crippen MR) is 221 cm³/mol. The Bertz CT molecular complexity index is 2100. The first-order chi connectivity index (χ1) is 31.5. The quantitative estimate of drug-likeness (QED) is 0.0417. The molecule has 0 fully saturated rings. The normalized spacial score (nSPS) is 11.3. The third kappa shape index (κ3) is 31.4. The smallest absolute Gasteiger partial charge is 0.547 e. The molecule has 67 heavy (non-hydrogen) atoms. The number of hydrogen-bond acceptors (Lipinski definition) is 18. The number of H-pyrrole nitrogens is 3. The number of aromatic amines is 3. The monoisotopic (exact) mass is 1000 g/mol. The van der Waals surface area contributed by atoms with E-state index < -0.39 is 54.1 Å². The van der Waals surface area contributed by atoms with E-state index in [0.29, 0.717) is 17.1 Å². The number of hydrogen-bond donors (Lipinski definition) is 6. The fourth-order valence-corrected chi connectivity index (χ4v) is 4.31. The minimum Gasteiger partial charge on any atom is -0.547 e. The molecule has 6 aromatic rings. The predicted octanol–water partition coefficient (Wildman–Crippen LogP) is -4.46. The second-order valence-electron chi connectivity index (χ2n) is 12.5. The molecule has 0 saturated heterocycles. The van der Waals surface area contributed by atoms with Gasteiger partial charge < -0.3 is 89.7 Å². The van der Waals surface area contributed by atoms with Crippen molar-refractivity contribution in [2.45, 2.75) is 37.6 Å². The van der Waals surface area contributed by atoms with Crippen LogP contribution in [0.5, 0.6) is 0 Å². The maximum absolute atomic E-state index is 10.1. The minimum atomic E-state index is -1.43.